The Kier molecular flexibility index (Phi) is 7.52. The van der Waals surface area contributed by atoms with Crippen LogP contribution in [-0.2, 0) is 24.3 Å². The van der Waals surface area contributed by atoms with E-state index in [9.17, 15) is 18.0 Å². The number of esters is 1. The lowest BCUT2D eigenvalue weighted by molar-refractivity contribution is -0.147. The number of carbonyl (C=O) groups is 2. The van der Waals surface area contributed by atoms with Crippen LogP contribution in [0.15, 0.2) is 33.7 Å². The number of carbonyl (C=O) groups excluding carboxylic acids is 2. The van der Waals surface area contributed by atoms with Crippen molar-refractivity contribution < 1.29 is 27.3 Å². The number of sulfonamides is 1. The number of hydrogen-bond donors (Lipinski definition) is 2. The molecule has 2 N–H and O–H groups in total. The fourth-order valence-electron chi connectivity index (χ4n) is 2.74. The third-order valence-corrected chi connectivity index (χ3v) is 5.88. The van der Waals surface area contributed by atoms with Crippen molar-refractivity contribution in [3.63, 3.8) is 0 Å². The smallest absolute Gasteiger partial charge is 0.321 e. The number of ether oxygens (including phenoxy) is 1. The van der Waals surface area contributed by atoms with Crippen LogP contribution in [0.3, 0.4) is 0 Å². The van der Waals surface area contributed by atoms with E-state index in [4.69, 9.17) is 9.26 Å². The van der Waals surface area contributed by atoms with Crippen LogP contribution in [0.2, 0.25) is 0 Å². The molecule has 158 valence electrons. The second kappa shape index (κ2) is 9.66. The average molecular weight is 423 g/mol. The maximum Gasteiger partial charge on any atom is 0.321 e. The van der Waals surface area contributed by atoms with Crippen molar-refractivity contribution in [2.75, 3.05) is 13.2 Å². The fraction of sp³-hybridized carbons (Fsp3) is 0.421. The van der Waals surface area contributed by atoms with Gasteiger partial charge in [-0.2, -0.15) is 4.72 Å². The fourth-order valence-corrected chi connectivity index (χ4v) is 4.03. The second-order valence-electron chi connectivity index (χ2n) is 6.58. The molecule has 0 aliphatic rings. The van der Waals surface area contributed by atoms with E-state index in [1.165, 1.54) is 13.8 Å². The minimum Gasteiger partial charge on any atom is -0.455 e. The lowest BCUT2D eigenvalue weighted by Gasteiger charge is -2.17. The first-order valence-corrected chi connectivity index (χ1v) is 10.6. The summed E-state index contributed by atoms with van der Waals surface area (Å²) >= 11 is 0. The van der Waals surface area contributed by atoms with Crippen LogP contribution in [0.1, 0.15) is 42.0 Å². The van der Waals surface area contributed by atoms with Crippen molar-refractivity contribution in [1.29, 1.82) is 0 Å². The first-order valence-electron chi connectivity index (χ1n) is 9.08. The van der Waals surface area contributed by atoms with Crippen LogP contribution in [0.4, 0.5) is 0 Å². The van der Waals surface area contributed by atoms with Gasteiger partial charge in [0.15, 0.2) is 12.4 Å². The third kappa shape index (κ3) is 6.13. The molecule has 1 amide bonds. The highest BCUT2D eigenvalue weighted by Gasteiger charge is 2.25. The van der Waals surface area contributed by atoms with Gasteiger partial charge >= 0.3 is 5.97 Å². The number of amides is 1. The van der Waals surface area contributed by atoms with Crippen LogP contribution < -0.4 is 10.0 Å². The van der Waals surface area contributed by atoms with Gasteiger partial charge in [0, 0.05) is 0 Å². The predicted octanol–water partition coefficient (Wildman–Crippen LogP) is 1.69. The zero-order valence-corrected chi connectivity index (χ0v) is 17.6. The molecule has 0 fully saturated rings. The van der Waals surface area contributed by atoms with Gasteiger partial charge in [0.1, 0.15) is 17.1 Å². The first-order chi connectivity index (χ1) is 13.6. The minimum absolute atomic E-state index is 0.115. The first kappa shape index (κ1) is 22.6. The zero-order chi connectivity index (χ0) is 21.6. The zero-order valence-electron chi connectivity index (χ0n) is 16.8. The maximum atomic E-state index is 12.2. The molecule has 0 aliphatic heterocycles. The Morgan fingerprint density at radius 1 is 1.17 bits per heavy atom. The Morgan fingerprint density at radius 2 is 1.83 bits per heavy atom. The van der Waals surface area contributed by atoms with Crippen LogP contribution >= 0.6 is 0 Å². The predicted molar refractivity (Wildman–Crippen MR) is 104 cm³/mol. The SMILES string of the molecule is CC[C@H](NC(=O)COC(=O)CNS(=O)(=O)c1c(C)noc1C)c1ccc(C)cc1. The molecule has 9 nitrogen and oxygen atoms in total. The summed E-state index contributed by atoms with van der Waals surface area (Å²) in [5.74, 6) is -1.23. The molecular weight excluding hydrogens is 398 g/mol. The molecule has 10 heteroatoms. The summed E-state index contributed by atoms with van der Waals surface area (Å²) in [6.07, 6.45) is 0.667. The highest BCUT2D eigenvalue weighted by atomic mass is 32.2. The van der Waals surface area contributed by atoms with Gasteiger partial charge in [-0.3, -0.25) is 9.59 Å². The number of benzene rings is 1. The minimum atomic E-state index is -3.98. The van der Waals surface area contributed by atoms with Crippen LogP contribution in [-0.4, -0.2) is 38.6 Å². The van der Waals surface area contributed by atoms with E-state index in [-0.39, 0.29) is 22.4 Å². The molecule has 1 aromatic heterocycles. The molecule has 0 unspecified atom stereocenters. The highest BCUT2D eigenvalue weighted by molar-refractivity contribution is 7.89. The Hall–Kier alpha value is -2.72. The van der Waals surface area contributed by atoms with Crippen LogP contribution in [0.5, 0.6) is 0 Å². The molecule has 0 saturated carbocycles. The summed E-state index contributed by atoms with van der Waals surface area (Å²) in [4.78, 5) is 23.8. The van der Waals surface area contributed by atoms with E-state index in [0.29, 0.717) is 6.42 Å². The Bertz CT molecular complexity index is 947. The van der Waals surface area contributed by atoms with Gasteiger partial charge in [-0.1, -0.05) is 41.9 Å². The van der Waals surface area contributed by atoms with Crippen molar-refractivity contribution in [2.24, 2.45) is 0 Å². The normalized spacial score (nSPS) is 12.4. The van der Waals surface area contributed by atoms with Crippen molar-refractivity contribution in [3.05, 3.63) is 46.8 Å². The molecular formula is C19H25N3O6S. The van der Waals surface area contributed by atoms with E-state index in [0.717, 1.165) is 11.1 Å². The van der Waals surface area contributed by atoms with Crippen molar-refractivity contribution in [2.45, 2.75) is 45.1 Å². The second-order valence-corrected chi connectivity index (χ2v) is 8.28. The topological polar surface area (TPSA) is 128 Å². The van der Waals surface area contributed by atoms with Gasteiger partial charge in [-0.25, -0.2) is 8.42 Å². The molecule has 0 bridgehead atoms. The highest BCUT2D eigenvalue weighted by Crippen LogP contribution is 2.18. The summed E-state index contributed by atoms with van der Waals surface area (Å²) in [5.41, 5.74) is 2.25. The Labute approximate surface area is 169 Å². The summed E-state index contributed by atoms with van der Waals surface area (Å²) in [7, 11) is -3.98. The number of rotatable bonds is 9. The summed E-state index contributed by atoms with van der Waals surface area (Å²) < 4.78 is 36.3. The molecule has 29 heavy (non-hydrogen) atoms. The lowest BCUT2D eigenvalue weighted by atomic mass is 10.0. The van der Waals surface area contributed by atoms with Crippen LogP contribution in [0, 0.1) is 20.8 Å². The van der Waals surface area contributed by atoms with E-state index in [2.05, 4.69) is 15.2 Å². The molecule has 1 heterocycles. The number of hydrogen-bond acceptors (Lipinski definition) is 7. The standard InChI is InChI=1S/C19H25N3O6S/c1-5-16(15-8-6-12(2)7-9-15)21-17(23)11-27-18(24)10-20-29(25,26)19-13(3)22-28-14(19)4/h6-9,16,20H,5,10-11H2,1-4H3,(H,21,23)/t16-/m0/s1. The number of nitrogens with zero attached hydrogens (tertiary/aromatic N) is 1. The number of aromatic nitrogens is 1. The monoisotopic (exact) mass is 423 g/mol. The van der Waals surface area contributed by atoms with Gasteiger partial charge in [-0.15, -0.1) is 0 Å². The molecule has 0 saturated heterocycles. The van der Waals surface area contributed by atoms with E-state index >= 15 is 0 Å². The quantitative estimate of drug-likeness (QED) is 0.587. The lowest BCUT2D eigenvalue weighted by Crippen LogP contribution is -2.35. The molecule has 0 aliphatic carbocycles. The summed E-state index contributed by atoms with van der Waals surface area (Å²) in [5, 5.41) is 6.36. The number of aryl methyl sites for hydroxylation is 3. The number of nitrogens with one attached hydrogen (secondary N) is 2. The maximum absolute atomic E-state index is 12.2. The summed E-state index contributed by atoms with van der Waals surface area (Å²) in [6.45, 7) is 5.72. The van der Waals surface area contributed by atoms with Crippen molar-refractivity contribution in [3.8, 4) is 0 Å². The molecule has 2 aromatic rings. The van der Waals surface area contributed by atoms with E-state index in [1.54, 1.807) is 0 Å². The average Bonchev–Trinajstić information content (AvgIpc) is 3.02. The summed E-state index contributed by atoms with van der Waals surface area (Å²) in [6, 6.07) is 7.56. The molecule has 2 rings (SSSR count). The van der Waals surface area contributed by atoms with Crippen molar-refractivity contribution >= 4 is 21.9 Å². The Morgan fingerprint density at radius 3 is 2.38 bits per heavy atom. The van der Waals surface area contributed by atoms with Crippen LogP contribution in [0.25, 0.3) is 0 Å². The largest absolute Gasteiger partial charge is 0.455 e. The third-order valence-electron chi connectivity index (χ3n) is 4.23. The van der Waals surface area contributed by atoms with Crippen molar-refractivity contribution in [1.82, 2.24) is 15.2 Å². The molecule has 0 radical (unpaired) electrons. The van der Waals surface area contributed by atoms with Gasteiger partial charge in [-0.05, 0) is 32.8 Å². The van der Waals surface area contributed by atoms with Gasteiger partial charge in [0.2, 0.25) is 10.0 Å². The van der Waals surface area contributed by atoms with Gasteiger partial charge in [0.05, 0.1) is 6.04 Å². The van der Waals surface area contributed by atoms with E-state index < -0.39 is 35.1 Å². The van der Waals surface area contributed by atoms with Gasteiger partial charge in [0.25, 0.3) is 5.91 Å². The Balaban J connectivity index is 1.84. The van der Waals surface area contributed by atoms with Gasteiger partial charge < -0.3 is 14.6 Å². The molecule has 0 spiro atoms. The van der Waals surface area contributed by atoms with E-state index in [1.807, 2.05) is 38.1 Å². The molecule has 1 aromatic carbocycles. The molecule has 1 atom stereocenters.